The van der Waals surface area contributed by atoms with Crippen LogP contribution in [0.1, 0.15) is 26.7 Å². The monoisotopic (exact) mass is 397 g/mol. The number of ether oxygens (including phenoxy) is 2. The van der Waals surface area contributed by atoms with Crippen LogP contribution in [0.2, 0.25) is 0 Å². The number of nitrogens with one attached hydrogen (secondary N) is 1. The van der Waals surface area contributed by atoms with Gasteiger partial charge in [0, 0.05) is 13.5 Å². The fourth-order valence-corrected chi connectivity index (χ4v) is 4.06. The summed E-state index contributed by atoms with van der Waals surface area (Å²) in [6.45, 7) is 3.52. The molecular weight excluding hydrogens is 370 g/mol. The van der Waals surface area contributed by atoms with Crippen LogP contribution in [0.4, 0.5) is 5.69 Å². The number of hydrazone groups is 1. The third-order valence-electron chi connectivity index (χ3n) is 4.01. The summed E-state index contributed by atoms with van der Waals surface area (Å²) in [5.41, 5.74) is 0.612. The summed E-state index contributed by atoms with van der Waals surface area (Å²) in [5.74, 6) is 10.6. The van der Waals surface area contributed by atoms with E-state index in [0.29, 0.717) is 12.1 Å². The van der Waals surface area contributed by atoms with Gasteiger partial charge in [-0.25, -0.2) is 5.84 Å². The molecule has 150 valence electrons. The number of hydrazine groups is 1. The Morgan fingerprint density at radius 2 is 1.96 bits per heavy atom. The average molecular weight is 398 g/mol. The van der Waals surface area contributed by atoms with Crippen LogP contribution >= 0.6 is 0 Å². The number of carbonyl (C=O) groups is 1. The number of hydrogen-bond acceptors (Lipinski definition) is 7. The van der Waals surface area contributed by atoms with Crippen LogP contribution in [-0.2, 0) is 25.1 Å². The van der Waals surface area contributed by atoms with Gasteiger partial charge in [0.05, 0.1) is 40.9 Å². The molecule has 0 bridgehead atoms. The number of para-hydroxylation sites is 1. The summed E-state index contributed by atoms with van der Waals surface area (Å²) in [7, 11) is -0.0316. The number of nitrogens with zero attached hydrogens (tertiary/aromatic N) is 2. The van der Waals surface area contributed by atoms with Gasteiger partial charge in [-0.3, -0.25) is 14.0 Å². The molecule has 1 aromatic rings. The lowest BCUT2D eigenvalue weighted by molar-refractivity contribution is -0.294. The third-order valence-corrected chi connectivity index (χ3v) is 5.39. The maximum atomic E-state index is 12.8. The van der Waals surface area contributed by atoms with Gasteiger partial charge in [0.15, 0.2) is 5.79 Å². The summed E-state index contributed by atoms with van der Waals surface area (Å²) in [5, 5.41) is 7.43. The van der Waals surface area contributed by atoms with Crippen molar-refractivity contribution in [2.75, 3.05) is 17.8 Å². The summed E-state index contributed by atoms with van der Waals surface area (Å²) >= 11 is 0. The van der Waals surface area contributed by atoms with Gasteiger partial charge in [-0.1, -0.05) is 18.2 Å². The summed E-state index contributed by atoms with van der Waals surface area (Å²) in [6, 6.07) is 8.98. The van der Waals surface area contributed by atoms with E-state index in [1.165, 1.54) is 5.01 Å². The van der Waals surface area contributed by atoms with Crippen LogP contribution in [-0.4, -0.2) is 46.1 Å². The molecular formula is C17H27N5O4S. The van der Waals surface area contributed by atoms with E-state index in [-0.39, 0.29) is 29.4 Å². The smallest absolute Gasteiger partial charge is 0.231 e. The molecule has 27 heavy (non-hydrogen) atoms. The fourth-order valence-electron chi connectivity index (χ4n) is 2.93. The minimum atomic E-state index is -1.60. The maximum Gasteiger partial charge on any atom is 0.231 e. The Hall–Kier alpha value is -2.01. The molecule has 0 aromatic heterocycles. The van der Waals surface area contributed by atoms with E-state index in [2.05, 4.69) is 10.4 Å². The van der Waals surface area contributed by atoms with Crippen molar-refractivity contribution in [3.05, 3.63) is 30.3 Å². The van der Waals surface area contributed by atoms with Gasteiger partial charge < -0.3 is 20.6 Å². The highest BCUT2D eigenvalue weighted by Gasteiger charge is 2.37. The van der Waals surface area contributed by atoms with Gasteiger partial charge in [0.25, 0.3) is 0 Å². The van der Waals surface area contributed by atoms with Gasteiger partial charge in [-0.2, -0.15) is 5.10 Å². The number of hydrogen-bond donors (Lipinski definition) is 3. The van der Waals surface area contributed by atoms with Crippen LogP contribution in [0, 0.1) is 0 Å². The first-order valence-corrected chi connectivity index (χ1v) is 9.90. The molecule has 1 saturated heterocycles. The lowest BCUT2D eigenvalue weighted by Crippen LogP contribution is -2.49. The molecule has 0 radical (unpaired) electrons. The van der Waals surface area contributed by atoms with Crippen LogP contribution in [0.3, 0.4) is 0 Å². The van der Waals surface area contributed by atoms with Crippen molar-refractivity contribution < 1.29 is 18.5 Å². The predicted octanol–water partition coefficient (Wildman–Crippen LogP) is 0.391. The fraction of sp³-hybridized carbons (Fsp3) is 0.529. The highest BCUT2D eigenvalue weighted by atomic mass is 32.2. The van der Waals surface area contributed by atoms with Crippen LogP contribution in [0.25, 0.3) is 0 Å². The normalized spacial score (nSPS) is 23.5. The Bertz CT molecular complexity index is 698. The van der Waals surface area contributed by atoms with Crippen molar-refractivity contribution in [3.63, 3.8) is 0 Å². The molecule has 1 fully saturated rings. The second-order valence-corrected chi connectivity index (χ2v) is 8.01. The minimum absolute atomic E-state index is 0.0388. The van der Waals surface area contributed by atoms with Crippen molar-refractivity contribution in [3.8, 4) is 0 Å². The van der Waals surface area contributed by atoms with E-state index in [1.807, 2.05) is 6.07 Å². The minimum Gasteiger partial charge on any atom is -0.359 e. The maximum absolute atomic E-state index is 12.8. The summed E-state index contributed by atoms with van der Waals surface area (Å²) < 4.78 is 24.5. The Morgan fingerprint density at radius 1 is 1.33 bits per heavy atom. The zero-order valence-electron chi connectivity index (χ0n) is 15.8. The molecule has 1 heterocycles. The van der Waals surface area contributed by atoms with Gasteiger partial charge in [-0.15, -0.1) is 0 Å². The first-order chi connectivity index (χ1) is 12.8. The highest BCUT2D eigenvalue weighted by Crippen LogP contribution is 2.29. The van der Waals surface area contributed by atoms with Gasteiger partial charge in [0.2, 0.25) is 11.1 Å². The van der Waals surface area contributed by atoms with Crippen molar-refractivity contribution in [2.45, 2.75) is 44.7 Å². The Balaban J connectivity index is 2.06. The molecule has 5 N–H and O–H groups in total. The van der Waals surface area contributed by atoms with Gasteiger partial charge in [0.1, 0.15) is 0 Å². The number of amidine groups is 1. The molecule has 0 aliphatic carbocycles. The van der Waals surface area contributed by atoms with Crippen molar-refractivity contribution in [1.29, 1.82) is 0 Å². The Labute approximate surface area is 161 Å². The first-order valence-electron chi connectivity index (χ1n) is 8.58. The number of rotatable bonds is 5. The van der Waals surface area contributed by atoms with Crippen molar-refractivity contribution in [2.24, 2.45) is 16.8 Å². The number of amides is 1. The van der Waals surface area contributed by atoms with Crippen molar-refractivity contribution >= 4 is 27.6 Å². The molecule has 1 aliphatic rings. The van der Waals surface area contributed by atoms with Gasteiger partial charge in [-0.05, 0) is 26.0 Å². The van der Waals surface area contributed by atoms with Gasteiger partial charge >= 0.3 is 0 Å². The van der Waals surface area contributed by atoms with E-state index >= 15 is 0 Å². The molecule has 10 heteroatoms. The van der Waals surface area contributed by atoms with E-state index < -0.39 is 22.7 Å². The number of benzene rings is 1. The molecule has 1 aromatic carbocycles. The second-order valence-electron chi connectivity index (χ2n) is 6.62. The van der Waals surface area contributed by atoms with Crippen LogP contribution in [0.15, 0.2) is 35.4 Å². The quantitative estimate of drug-likeness (QED) is 0.283. The molecule has 3 unspecified atom stereocenters. The van der Waals surface area contributed by atoms with Crippen molar-refractivity contribution in [1.82, 2.24) is 5.32 Å². The standard InChI is InChI=1S/C17H27N5O4S/c1-17(2)25-13(10-15(23)20-3)9-14(26-17)11-27(24)16(21-18)22(19)12-7-5-4-6-8-12/h4-8,13-14H,9-11,18-19H2,1-3H3,(H,20,23)/b21-16+. The average Bonchev–Trinajstić information content (AvgIpc) is 2.61. The lowest BCUT2D eigenvalue weighted by atomic mass is 10.1. The van der Waals surface area contributed by atoms with E-state index in [0.717, 1.165) is 0 Å². The summed E-state index contributed by atoms with van der Waals surface area (Å²) in [4.78, 5) is 11.7. The number of carbonyl (C=O) groups excluding carboxylic acids is 1. The molecule has 3 atom stereocenters. The first kappa shape index (κ1) is 21.3. The van der Waals surface area contributed by atoms with Crippen LogP contribution < -0.4 is 22.0 Å². The van der Waals surface area contributed by atoms with E-state index in [1.54, 1.807) is 45.2 Å². The zero-order chi connectivity index (χ0) is 20.0. The Kier molecular flexibility index (Phi) is 7.31. The second kappa shape index (κ2) is 9.27. The molecule has 1 aliphatic heterocycles. The van der Waals surface area contributed by atoms with E-state index in [4.69, 9.17) is 21.2 Å². The topological polar surface area (TPSA) is 132 Å². The summed E-state index contributed by atoms with van der Waals surface area (Å²) in [6.07, 6.45) is -0.101. The molecule has 2 rings (SSSR count). The van der Waals surface area contributed by atoms with E-state index in [9.17, 15) is 9.00 Å². The predicted molar refractivity (Wildman–Crippen MR) is 105 cm³/mol. The molecule has 9 nitrogen and oxygen atoms in total. The van der Waals surface area contributed by atoms with Crippen LogP contribution in [0.5, 0.6) is 0 Å². The molecule has 0 saturated carbocycles. The Morgan fingerprint density at radius 3 is 2.56 bits per heavy atom. The third kappa shape index (κ3) is 5.99. The lowest BCUT2D eigenvalue weighted by Gasteiger charge is -2.40. The highest BCUT2D eigenvalue weighted by molar-refractivity contribution is 8.00. The largest absolute Gasteiger partial charge is 0.359 e. The SMILES string of the molecule is CNC(=O)CC1CC(CS(=O)/C(=N/N)N(N)c2ccccc2)OC(C)(C)O1. The number of anilines is 1. The zero-order valence-corrected chi connectivity index (χ0v) is 16.6. The molecule has 0 spiro atoms. The number of nitrogens with two attached hydrogens (primary N) is 2. The molecule has 1 amide bonds.